The molecule has 1 amide bonds. The molecular formula is C19H24N2O5S. The number of benzene rings is 2. The summed E-state index contributed by atoms with van der Waals surface area (Å²) in [5.41, 5.74) is 1.38. The van der Waals surface area contributed by atoms with Crippen molar-refractivity contribution < 1.29 is 22.7 Å². The van der Waals surface area contributed by atoms with Crippen LogP contribution in [-0.4, -0.2) is 53.0 Å². The summed E-state index contributed by atoms with van der Waals surface area (Å²) < 4.78 is 36.6. The van der Waals surface area contributed by atoms with Crippen LogP contribution in [0.15, 0.2) is 47.4 Å². The van der Waals surface area contributed by atoms with E-state index < -0.39 is 10.0 Å². The summed E-state index contributed by atoms with van der Waals surface area (Å²) in [7, 11) is 0.898. The molecule has 0 heterocycles. The summed E-state index contributed by atoms with van der Waals surface area (Å²) in [5.74, 6) is 0.652. The highest BCUT2D eigenvalue weighted by molar-refractivity contribution is 7.89. The number of rotatable bonds is 8. The van der Waals surface area contributed by atoms with Crippen LogP contribution in [0.5, 0.6) is 11.5 Å². The number of nitrogens with zero attached hydrogens (tertiary/aromatic N) is 1. The van der Waals surface area contributed by atoms with Crippen LogP contribution >= 0.6 is 0 Å². The number of sulfonamides is 1. The van der Waals surface area contributed by atoms with Crippen molar-refractivity contribution in [2.75, 3.05) is 34.4 Å². The molecule has 0 aromatic heterocycles. The van der Waals surface area contributed by atoms with Crippen LogP contribution in [0.4, 0.5) is 0 Å². The van der Waals surface area contributed by atoms with Gasteiger partial charge in [0, 0.05) is 25.7 Å². The number of likely N-dealkylation sites (N-methyl/N-ethyl adjacent to an activating group) is 1. The fourth-order valence-electron chi connectivity index (χ4n) is 2.42. The minimum absolute atomic E-state index is 0.148. The normalized spacial score (nSPS) is 11.3. The summed E-state index contributed by atoms with van der Waals surface area (Å²) in [4.78, 5) is 12.5. The Hall–Kier alpha value is -2.58. The first-order valence-corrected chi connectivity index (χ1v) is 9.77. The maximum atomic E-state index is 12.5. The van der Waals surface area contributed by atoms with E-state index in [0.29, 0.717) is 17.1 Å². The molecule has 146 valence electrons. The molecule has 0 radical (unpaired) electrons. The summed E-state index contributed by atoms with van der Waals surface area (Å²) in [5, 5.41) is 2.71. The van der Waals surface area contributed by atoms with Crippen molar-refractivity contribution in [3.8, 4) is 11.5 Å². The van der Waals surface area contributed by atoms with Crippen LogP contribution in [0.3, 0.4) is 0 Å². The monoisotopic (exact) mass is 392 g/mol. The van der Waals surface area contributed by atoms with Crippen molar-refractivity contribution in [3.05, 3.63) is 53.6 Å². The molecule has 2 aromatic carbocycles. The van der Waals surface area contributed by atoms with Crippen LogP contribution in [0.25, 0.3) is 0 Å². The second-order valence-corrected chi connectivity index (χ2v) is 8.01. The van der Waals surface area contributed by atoms with Gasteiger partial charge in [0.15, 0.2) is 11.5 Å². The van der Waals surface area contributed by atoms with Crippen molar-refractivity contribution in [1.82, 2.24) is 9.62 Å². The molecule has 0 bridgehead atoms. The highest BCUT2D eigenvalue weighted by Crippen LogP contribution is 2.27. The van der Waals surface area contributed by atoms with Crippen LogP contribution in [-0.2, 0) is 10.0 Å². The smallest absolute Gasteiger partial charge is 0.251 e. The quantitative estimate of drug-likeness (QED) is 0.743. The van der Waals surface area contributed by atoms with Gasteiger partial charge in [-0.1, -0.05) is 17.7 Å². The van der Waals surface area contributed by atoms with E-state index >= 15 is 0 Å². The number of hydrogen-bond donors (Lipinski definition) is 1. The lowest BCUT2D eigenvalue weighted by Gasteiger charge is -2.17. The molecule has 8 heteroatoms. The molecule has 0 aliphatic heterocycles. The van der Waals surface area contributed by atoms with E-state index in [2.05, 4.69) is 5.32 Å². The molecule has 0 unspecified atom stereocenters. The summed E-state index contributed by atoms with van der Waals surface area (Å²) in [6, 6.07) is 11.5. The molecule has 0 saturated heterocycles. The van der Waals surface area contributed by atoms with Gasteiger partial charge in [-0.15, -0.1) is 0 Å². The Bertz CT molecular complexity index is 895. The highest BCUT2D eigenvalue weighted by atomic mass is 32.2. The molecule has 27 heavy (non-hydrogen) atoms. The Morgan fingerprint density at radius 2 is 1.67 bits per heavy atom. The zero-order valence-corrected chi connectivity index (χ0v) is 16.7. The third kappa shape index (κ3) is 4.99. The number of aryl methyl sites for hydroxylation is 1. The van der Waals surface area contributed by atoms with Gasteiger partial charge >= 0.3 is 0 Å². The van der Waals surface area contributed by atoms with Crippen molar-refractivity contribution >= 4 is 15.9 Å². The van der Waals surface area contributed by atoms with Gasteiger partial charge in [-0.25, -0.2) is 8.42 Å². The maximum Gasteiger partial charge on any atom is 0.251 e. The topological polar surface area (TPSA) is 84.9 Å². The molecule has 0 atom stereocenters. The van der Waals surface area contributed by atoms with Gasteiger partial charge in [0.25, 0.3) is 5.91 Å². The lowest BCUT2D eigenvalue weighted by Crippen LogP contribution is -2.36. The van der Waals surface area contributed by atoms with Crippen molar-refractivity contribution in [3.63, 3.8) is 0 Å². The lowest BCUT2D eigenvalue weighted by molar-refractivity contribution is 0.0952. The second kappa shape index (κ2) is 8.88. The zero-order valence-electron chi connectivity index (χ0n) is 15.9. The molecule has 2 rings (SSSR count). The number of amides is 1. The fourth-order valence-corrected chi connectivity index (χ4v) is 3.59. The van der Waals surface area contributed by atoms with E-state index in [1.807, 2.05) is 6.92 Å². The second-order valence-electron chi connectivity index (χ2n) is 5.97. The van der Waals surface area contributed by atoms with Gasteiger partial charge in [0.2, 0.25) is 10.0 Å². The predicted molar refractivity (Wildman–Crippen MR) is 103 cm³/mol. The molecule has 2 aromatic rings. The van der Waals surface area contributed by atoms with Crippen LogP contribution in [0, 0.1) is 6.92 Å². The average Bonchev–Trinajstić information content (AvgIpc) is 2.67. The Morgan fingerprint density at radius 3 is 2.26 bits per heavy atom. The molecule has 0 aliphatic carbocycles. The number of carbonyl (C=O) groups excluding carboxylic acids is 1. The van der Waals surface area contributed by atoms with E-state index in [4.69, 9.17) is 9.47 Å². The first-order chi connectivity index (χ1) is 12.8. The van der Waals surface area contributed by atoms with E-state index in [9.17, 15) is 13.2 Å². The molecule has 0 saturated carbocycles. The fraction of sp³-hybridized carbons (Fsp3) is 0.316. The molecular weight excluding hydrogens is 368 g/mol. The van der Waals surface area contributed by atoms with E-state index in [0.717, 1.165) is 5.56 Å². The SMILES string of the molecule is COc1ccc(C(=O)NCCN(C)S(=O)(=O)c2ccc(C)cc2)cc1OC. The van der Waals surface area contributed by atoms with Crippen molar-refractivity contribution in [1.29, 1.82) is 0 Å². The Kier molecular flexibility index (Phi) is 6.81. The van der Waals surface area contributed by atoms with Crippen molar-refractivity contribution in [2.45, 2.75) is 11.8 Å². The molecule has 0 aliphatic rings. The predicted octanol–water partition coefficient (Wildman–Crippen LogP) is 2.06. The zero-order chi connectivity index (χ0) is 20.0. The average molecular weight is 392 g/mol. The van der Waals surface area contributed by atoms with Crippen molar-refractivity contribution in [2.24, 2.45) is 0 Å². The number of methoxy groups -OCH3 is 2. The minimum Gasteiger partial charge on any atom is -0.493 e. The van der Waals surface area contributed by atoms with E-state index in [1.54, 1.807) is 42.5 Å². The van der Waals surface area contributed by atoms with Gasteiger partial charge in [-0.05, 0) is 37.3 Å². The lowest BCUT2D eigenvalue weighted by atomic mass is 10.2. The summed E-state index contributed by atoms with van der Waals surface area (Å²) >= 11 is 0. The van der Waals surface area contributed by atoms with Crippen LogP contribution < -0.4 is 14.8 Å². The van der Waals surface area contributed by atoms with Crippen LogP contribution in [0.2, 0.25) is 0 Å². The Balaban J connectivity index is 1.97. The standard InChI is InChI=1S/C19H24N2O5S/c1-14-5-8-16(9-6-14)27(23,24)21(2)12-11-20-19(22)15-7-10-17(25-3)18(13-15)26-4/h5-10,13H,11-12H2,1-4H3,(H,20,22). The third-order valence-electron chi connectivity index (χ3n) is 4.09. The number of hydrogen-bond acceptors (Lipinski definition) is 5. The van der Waals surface area contributed by atoms with E-state index in [-0.39, 0.29) is 23.9 Å². The van der Waals surface area contributed by atoms with Gasteiger partial charge < -0.3 is 14.8 Å². The first-order valence-electron chi connectivity index (χ1n) is 8.33. The Labute approximate surface area is 160 Å². The minimum atomic E-state index is -3.59. The summed E-state index contributed by atoms with van der Waals surface area (Å²) in [6.45, 7) is 2.22. The number of ether oxygens (including phenoxy) is 2. The van der Waals surface area contributed by atoms with Gasteiger partial charge in [0.1, 0.15) is 0 Å². The molecule has 0 spiro atoms. The number of nitrogens with one attached hydrogen (secondary N) is 1. The molecule has 1 N–H and O–H groups in total. The molecule has 7 nitrogen and oxygen atoms in total. The van der Waals surface area contributed by atoms with Gasteiger partial charge in [0.05, 0.1) is 19.1 Å². The Morgan fingerprint density at radius 1 is 1.04 bits per heavy atom. The molecule has 0 fully saturated rings. The third-order valence-corrected chi connectivity index (χ3v) is 5.96. The van der Waals surface area contributed by atoms with Crippen LogP contribution in [0.1, 0.15) is 15.9 Å². The maximum absolute atomic E-state index is 12.5. The first kappa shape index (κ1) is 20.7. The van der Waals surface area contributed by atoms with Gasteiger partial charge in [-0.2, -0.15) is 4.31 Å². The number of carbonyl (C=O) groups is 1. The highest BCUT2D eigenvalue weighted by Gasteiger charge is 2.20. The largest absolute Gasteiger partial charge is 0.493 e. The summed E-state index contributed by atoms with van der Waals surface area (Å²) in [6.07, 6.45) is 0. The van der Waals surface area contributed by atoms with E-state index in [1.165, 1.54) is 25.6 Å². The van der Waals surface area contributed by atoms with Gasteiger partial charge in [-0.3, -0.25) is 4.79 Å².